The molecular formula is C21H22ClNO3. The number of hydrogen-bond acceptors (Lipinski definition) is 3. The second kappa shape index (κ2) is 8.68. The number of hydrogen-bond donors (Lipinski definition) is 1. The molecule has 4 nitrogen and oxygen atoms in total. The molecule has 136 valence electrons. The zero-order valence-corrected chi connectivity index (χ0v) is 16.1. The van der Waals surface area contributed by atoms with E-state index in [1.165, 1.54) is 6.08 Å². The first kappa shape index (κ1) is 19.7. The van der Waals surface area contributed by atoms with E-state index in [9.17, 15) is 9.59 Å². The van der Waals surface area contributed by atoms with E-state index in [0.717, 1.165) is 27.9 Å². The Kier molecular flexibility index (Phi) is 6.58. The summed E-state index contributed by atoms with van der Waals surface area (Å²) in [7, 11) is 0. The van der Waals surface area contributed by atoms with Gasteiger partial charge in [-0.15, -0.1) is 0 Å². The number of amides is 1. The molecule has 0 aliphatic rings. The molecule has 26 heavy (non-hydrogen) atoms. The molecule has 2 aromatic carbocycles. The second-order valence-corrected chi connectivity index (χ2v) is 6.67. The lowest BCUT2D eigenvalue weighted by molar-refractivity contribution is -0.148. The highest BCUT2D eigenvalue weighted by molar-refractivity contribution is 6.30. The molecule has 2 rings (SSSR count). The molecule has 0 radical (unpaired) electrons. The van der Waals surface area contributed by atoms with Gasteiger partial charge in [-0.1, -0.05) is 41.4 Å². The Morgan fingerprint density at radius 2 is 1.77 bits per heavy atom. The quantitative estimate of drug-likeness (QED) is 0.603. The number of aryl methyl sites for hydroxylation is 3. The number of esters is 1. The van der Waals surface area contributed by atoms with Crippen LogP contribution < -0.4 is 5.32 Å². The van der Waals surface area contributed by atoms with Crippen LogP contribution in [0, 0.1) is 20.8 Å². The summed E-state index contributed by atoms with van der Waals surface area (Å²) in [4.78, 5) is 24.3. The number of carbonyl (C=O) groups excluding carboxylic acids is 2. The summed E-state index contributed by atoms with van der Waals surface area (Å²) in [5.41, 5.74) is 4.59. The molecule has 0 bridgehead atoms. The third kappa shape index (κ3) is 5.46. The van der Waals surface area contributed by atoms with Crippen molar-refractivity contribution in [3.8, 4) is 0 Å². The van der Waals surface area contributed by atoms with Crippen molar-refractivity contribution in [3.05, 3.63) is 69.8 Å². The lowest BCUT2D eigenvalue weighted by Gasteiger charge is -2.16. The van der Waals surface area contributed by atoms with Crippen LogP contribution in [-0.2, 0) is 14.3 Å². The highest BCUT2D eigenvalue weighted by atomic mass is 35.5. The fourth-order valence-corrected chi connectivity index (χ4v) is 2.84. The maximum absolute atomic E-state index is 12.3. The number of halogens is 1. The maximum atomic E-state index is 12.3. The molecular weight excluding hydrogens is 350 g/mol. The predicted molar refractivity (Wildman–Crippen MR) is 105 cm³/mol. The number of anilines is 1. The average molecular weight is 372 g/mol. The number of benzene rings is 2. The summed E-state index contributed by atoms with van der Waals surface area (Å²) in [6.45, 7) is 7.40. The maximum Gasteiger partial charge on any atom is 0.331 e. The Bertz CT molecular complexity index is 835. The van der Waals surface area contributed by atoms with E-state index < -0.39 is 12.1 Å². The minimum atomic E-state index is -0.911. The first-order valence-electron chi connectivity index (χ1n) is 8.29. The Hall–Kier alpha value is -2.59. The van der Waals surface area contributed by atoms with Crippen molar-refractivity contribution in [1.82, 2.24) is 0 Å². The third-order valence-electron chi connectivity index (χ3n) is 3.85. The Balaban J connectivity index is 1.97. The van der Waals surface area contributed by atoms with E-state index in [1.54, 1.807) is 31.2 Å². The van der Waals surface area contributed by atoms with Gasteiger partial charge in [-0.05, 0) is 62.6 Å². The van der Waals surface area contributed by atoms with Crippen molar-refractivity contribution < 1.29 is 14.3 Å². The van der Waals surface area contributed by atoms with Gasteiger partial charge in [0.25, 0.3) is 5.91 Å². The minimum Gasteiger partial charge on any atom is -0.449 e. The Labute approximate surface area is 158 Å². The van der Waals surface area contributed by atoms with Crippen molar-refractivity contribution in [3.63, 3.8) is 0 Å². The molecule has 0 aliphatic heterocycles. The van der Waals surface area contributed by atoms with Crippen LogP contribution in [0.5, 0.6) is 0 Å². The summed E-state index contributed by atoms with van der Waals surface area (Å²) in [6, 6.07) is 11.1. The molecule has 0 saturated heterocycles. The fraction of sp³-hybridized carbons (Fsp3) is 0.238. The Morgan fingerprint density at radius 1 is 1.12 bits per heavy atom. The lowest BCUT2D eigenvalue weighted by atomic mass is 10.0. The molecule has 1 amide bonds. The van der Waals surface area contributed by atoms with Crippen LogP contribution in [0.3, 0.4) is 0 Å². The zero-order valence-electron chi connectivity index (χ0n) is 15.3. The lowest BCUT2D eigenvalue weighted by Crippen LogP contribution is -2.30. The molecule has 0 spiro atoms. The van der Waals surface area contributed by atoms with E-state index in [0.29, 0.717) is 5.02 Å². The first-order chi connectivity index (χ1) is 12.3. The van der Waals surface area contributed by atoms with Gasteiger partial charge in [-0.25, -0.2) is 4.79 Å². The highest BCUT2D eigenvalue weighted by Crippen LogP contribution is 2.22. The third-order valence-corrected chi connectivity index (χ3v) is 4.08. The van der Waals surface area contributed by atoms with Crippen LogP contribution in [0.2, 0.25) is 5.02 Å². The zero-order chi connectivity index (χ0) is 19.3. The van der Waals surface area contributed by atoms with Gasteiger partial charge in [0, 0.05) is 16.8 Å². The largest absolute Gasteiger partial charge is 0.449 e. The van der Waals surface area contributed by atoms with Crippen molar-refractivity contribution in [2.75, 3.05) is 5.32 Å². The van der Waals surface area contributed by atoms with Crippen LogP contribution in [0.25, 0.3) is 6.08 Å². The fourth-order valence-electron chi connectivity index (χ4n) is 2.64. The number of nitrogens with one attached hydrogen (secondary N) is 1. The smallest absolute Gasteiger partial charge is 0.331 e. The van der Waals surface area contributed by atoms with Gasteiger partial charge in [0.15, 0.2) is 6.10 Å². The minimum absolute atomic E-state index is 0.371. The normalized spacial score (nSPS) is 12.0. The van der Waals surface area contributed by atoms with Crippen LogP contribution in [0.4, 0.5) is 5.69 Å². The summed E-state index contributed by atoms with van der Waals surface area (Å²) in [5, 5.41) is 3.42. The number of ether oxygens (including phenoxy) is 1. The summed E-state index contributed by atoms with van der Waals surface area (Å²) >= 11 is 5.90. The van der Waals surface area contributed by atoms with E-state index in [1.807, 2.05) is 39.0 Å². The summed E-state index contributed by atoms with van der Waals surface area (Å²) in [5.74, 6) is -0.963. The van der Waals surface area contributed by atoms with E-state index >= 15 is 0 Å². The molecule has 0 aliphatic carbocycles. The summed E-state index contributed by atoms with van der Waals surface area (Å²) < 4.78 is 5.17. The van der Waals surface area contributed by atoms with Crippen LogP contribution in [-0.4, -0.2) is 18.0 Å². The van der Waals surface area contributed by atoms with Crippen LogP contribution in [0.1, 0.15) is 29.2 Å². The van der Waals surface area contributed by atoms with Crippen LogP contribution in [0.15, 0.2) is 42.5 Å². The van der Waals surface area contributed by atoms with Gasteiger partial charge in [0.2, 0.25) is 0 Å². The van der Waals surface area contributed by atoms with Gasteiger partial charge >= 0.3 is 5.97 Å². The molecule has 5 heteroatoms. The monoisotopic (exact) mass is 371 g/mol. The molecule has 0 saturated carbocycles. The highest BCUT2D eigenvalue weighted by Gasteiger charge is 2.18. The number of carbonyl (C=O) groups is 2. The van der Waals surface area contributed by atoms with Gasteiger partial charge in [-0.3, -0.25) is 4.79 Å². The van der Waals surface area contributed by atoms with Gasteiger partial charge in [0.05, 0.1) is 0 Å². The molecule has 0 heterocycles. The van der Waals surface area contributed by atoms with E-state index in [2.05, 4.69) is 5.32 Å². The first-order valence-corrected chi connectivity index (χ1v) is 8.67. The van der Waals surface area contributed by atoms with Crippen molar-refractivity contribution in [2.24, 2.45) is 0 Å². The van der Waals surface area contributed by atoms with Crippen LogP contribution >= 0.6 is 11.6 Å². The Morgan fingerprint density at radius 3 is 2.38 bits per heavy atom. The molecule has 1 atom stereocenters. The summed E-state index contributed by atoms with van der Waals surface area (Å²) in [6.07, 6.45) is 1.96. The van der Waals surface area contributed by atoms with Gasteiger partial charge in [0.1, 0.15) is 0 Å². The second-order valence-electron chi connectivity index (χ2n) is 6.23. The topological polar surface area (TPSA) is 55.4 Å². The molecule has 0 fully saturated rings. The average Bonchev–Trinajstić information content (AvgIpc) is 2.56. The molecule has 1 N–H and O–H groups in total. The predicted octanol–water partition coefficient (Wildman–Crippen LogP) is 4.85. The SMILES string of the molecule is Cc1cc(C)c(NC(=O)[C@H](C)OC(=O)/C=C/c2cccc(Cl)c2)c(C)c1. The van der Waals surface area contributed by atoms with E-state index in [4.69, 9.17) is 16.3 Å². The standard InChI is InChI=1S/C21H22ClNO3/c1-13-10-14(2)20(15(3)11-13)23-21(25)16(4)26-19(24)9-8-17-6-5-7-18(22)12-17/h5-12,16H,1-4H3,(H,23,25)/b9-8+/t16-/m0/s1. The molecule has 2 aromatic rings. The molecule has 0 aromatic heterocycles. The van der Waals surface area contributed by atoms with Crippen molar-refractivity contribution >= 4 is 35.2 Å². The van der Waals surface area contributed by atoms with Crippen molar-refractivity contribution in [1.29, 1.82) is 0 Å². The van der Waals surface area contributed by atoms with Gasteiger partial charge < -0.3 is 10.1 Å². The van der Waals surface area contributed by atoms with E-state index in [-0.39, 0.29) is 5.91 Å². The van der Waals surface area contributed by atoms with Gasteiger partial charge in [-0.2, -0.15) is 0 Å². The molecule has 0 unspecified atom stereocenters. The van der Waals surface area contributed by atoms with Crippen molar-refractivity contribution in [2.45, 2.75) is 33.8 Å². The number of rotatable bonds is 5.